The lowest BCUT2D eigenvalue weighted by molar-refractivity contribution is -0.146. The molecule has 0 radical (unpaired) electrons. The lowest BCUT2D eigenvalue weighted by atomic mass is 10.4. The molecule has 1 aromatic rings. The summed E-state index contributed by atoms with van der Waals surface area (Å²) in [4.78, 5) is 11.0. The smallest absolute Gasteiger partial charge is 0.309 e. The molecule has 1 heterocycles. The van der Waals surface area contributed by atoms with Crippen LogP contribution >= 0.6 is 0 Å². The van der Waals surface area contributed by atoms with Crippen LogP contribution in [0.2, 0.25) is 0 Å². The first kappa shape index (κ1) is 7.40. The summed E-state index contributed by atoms with van der Waals surface area (Å²) in [5.74, 6) is 0.105. The Hall–Kier alpha value is -1.25. The molecular weight excluding hydrogens is 156 g/mol. The van der Waals surface area contributed by atoms with Crippen molar-refractivity contribution in [3.8, 4) is 0 Å². The summed E-state index contributed by atoms with van der Waals surface area (Å²) < 4.78 is 9.84. The number of hydrogen-bond acceptors (Lipinski definition) is 3. The summed E-state index contributed by atoms with van der Waals surface area (Å²) in [7, 11) is 0. The molecule has 0 saturated heterocycles. The van der Waals surface area contributed by atoms with E-state index in [1.54, 1.807) is 18.6 Å². The second-order valence-corrected chi connectivity index (χ2v) is 3.01. The number of rotatable bonds is 3. The number of hydrogen-bond donors (Lipinski definition) is 0. The monoisotopic (exact) mass is 166 g/mol. The molecule has 1 saturated carbocycles. The topological polar surface area (TPSA) is 39.4 Å². The molecule has 64 valence electrons. The van der Waals surface area contributed by atoms with Gasteiger partial charge in [0.1, 0.15) is 6.61 Å². The molecule has 0 bridgehead atoms. The molecule has 0 amide bonds. The number of ether oxygens (including phenoxy) is 1. The Balaban J connectivity index is 1.78. The van der Waals surface area contributed by atoms with Crippen molar-refractivity contribution in [2.45, 2.75) is 19.4 Å². The van der Waals surface area contributed by atoms with E-state index in [1.165, 1.54) is 0 Å². The summed E-state index contributed by atoms with van der Waals surface area (Å²) in [5.41, 5.74) is 0.906. The first-order valence-corrected chi connectivity index (χ1v) is 4.04. The standard InChI is InChI=1S/C9H10O3/c10-9(8-1-2-8)12-6-7-3-4-11-5-7/h3-5,8H,1-2,6H2. The molecule has 1 aliphatic rings. The fraction of sp³-hybridized carbons (Fsp3) is 0.444. The van der Waals surface area contributed by atoms with Gasteiger partial charge in [0.25, 0.3) is 0 Å². The van der Waals surface area contributed by atoms with E-state index in [0.29, 0.717) is 6.61 Å². The zero-order chi connectivity index (χ0) is 8.39. The summed E-state index contributed by atoms with van der Waals surface area (Å²) in [6.45, 7) is 0.339. The molecule has 0 unspecified atom stereocenters. The van der Waals surface area contributed by atoms with Gasteiger partial charge < -0.3 is 9.15 Å². The third-order valence-electron chi connectivity index (χ3n) is 1.87. The Morgan fingerprint density at radius 2 is 2.50 bits per heavy atom. The molecule has 3 heteroatoms. The van der Waals surface area contributed by atoms with Crippen LogP contribution in [0, 0.1) is 5.92 Å². The third kappa shape index (κ3) is 1.67. The second kappa shape index (κ2) is 3.01. The number of furan rings is 1. The lowest BCUT2D eigenvalue weighted by Crippen LogP contribution is -2.05. The Bertz CT molecular complexity index is 259. The lowest BCUT2D eigenvalue weighted by Gasteiger charge is -1.99. The van der Waals surface area contributed by atoms with Gasteiger partial charge in [-0.3, -0.25) is 4.79 Å². The fourth-order valence-electron chi connectivity index (χ4n) is 0.966. The Morgan fingerprint density at radius 3 is 3.08 bits per heavy atom. The number of carbonyl (C=O) groups is 1. The second-order valence-electron chi connectivity index (χ2n) is 3.01. The van der Waals surface area contributed by atoms with E-state index in [4.69, 9.17) is 9.15 Å². The van der Waals surface area contributed by atoms with E-state index in [9.17, 15) is 4.79 Å². The highest BCUT2D eigenvalue weighted by molar-refractivity contribution is 5.74. The summed E-state index contributed by atoms with van der Waals surface area (Å²) in [6.07, 6.45) is 5.13. The van der Waals surface area contributed by atoms with Crippen molar-refractivity contribution in [3.05, 3.63) is 24.2 Å². The molecule has 12 heavy (non-hydrogen) atoms. The molecule has 2 rings (SSSR count). The highest BCUT2D eigenvalue weighted by Crippen LogP contribution is 2.30. The van der Waals surface area contributed by atoms with Gasteiger partial charge in [-0.2, -0.15) is 0 Å². The first-order chi connectivity index (χ1) is 5.86. The minimum absolute atomic E-state index is 0.0730. The van der Waals surface area contributed by atoms with Gasteiger partial charge in [-0.15, -0.1) is 0 Å². The molecule has 0 spiro atoms. The van der Waals surface area contributed by atoms with Crippen molar-refractivity contribution in [3.63, 3.8) is 0 Å². The van der Waals surface area contributed by atoms with Crippen molar-refractivity contribution in [1.82, 2.24) is 0 Å². The SMILES string of the molecule is O=C(OCc1ccoc1)C1CC1. The van der Waals surface area contributed by atoms with Crippen LogP contribution in [0.3, 0.4) is 0 Å². The Morgan fingerprint density at radius 1 is 1.67 bits per heavy atom. The quantitative estimate of drug-likeness (QED) is 0.642. The molecule has 1 aliphatic carbocycles. The van der Waals surface area contributed by atoms with Gasteiger partial charge >= 0.3 is 5.97 Å². The molecule has 0 atom stereocenters. The van der Waals surface area contributed by atoms with Crippen LogP contribution in [0.4, 0.5) is 0 Å². The summed E-state index contributed by atoms with van der Waals surface area (Å²) in [6, 6.07) is 1.79. The van der Waals surface area contributed by atoms with Crippen molar-refractivity contribution >= 4 is 5.97 Å². The minimum atomic E-state index is -0.0730. The van der Waals surface area contributed by atoms with Gasteiger partial charge in [0.2, 0.25) is 0 Å². The van der Waals surface area contributed by atoms with E-state index >= 15 is 0 Å². The zero-order valence-electron chi connectivity index (χ0n) is 6.66. The number of carbonyl (C=O) groups excluding carboxylic acids is 1. The van der Waals surface area contributed by atoms with Crippen LogP contribution in [0.5, 0.6) is 0 Å². The van der Waals surface area contributed by atoms with Gasteiger partial charge in [0, 0.05) is 5.56 Å². The highest BCUT2D eigenvalue weighted by atomic mass is 16.5. The van der Waals surface area contributed by atoms with Crippen molar-refractivity contribution < 1.29 is 13.9 Å². The minimum Gasteiger partial charge on any atom is -0.472 e. The zero-order valence-corrected chi connectivity index (χ0v) is 6.66. The Labute approximate surface area is 70.3 Å². The van der Waals surface area contributed by atoms with Crippen LogP contribution in [0.1, 0.15) is 18.4 Å². The average molecular weight is 166 g/mol. The van der Waals surface area contributed by atoms with Crippen LogP contribution < -0.4 is 0 Å². The summed E-state index contributed by atoms with van der Waals surface area (Å²) >= 11 is 0. The first-order valence-electron chi connectivity index (χ1n) is 4.04. The van der Waals surface area contributed by atoms with Gasteiger partial charge in [0.05, 0.1) is 18.4 Å². The Kier molecular flexibility index (Phi) is 1.86. The average Bonchev–Trinajstić information content (AvgIpc) is 2.80. The number of esters is 1. The van der Waals surface area contributed by atoms with Crippen molar-refractivity contribution in [2.24, 2.45) is 5.92 Å². The van der Waals surface area contributed by atoms with E-state index in [2.05, 4.69) is 0 Å². The maximum absolute atomic E-state index is 11.0. The molecule has 1 fully saturated rings. The van der Waals surface area contributed by atoms with Crippen LogP contribution in [0.15, 0.2) is 23.0 Å². The fourth-order valence-corrected chi connectivity index (χ4v) is 0.966. The molecule has 0 N–H and O–H groups in total. The van der Waals surface area contributed by atoms with Crippen molar-refractivity contribution in [1.29, 1.82) is 0 Å². The molecule has 0 aliphatic heterocycles. The van der Waals surface area contributed by atoms with Crippen LogP contribution in [-0.4, -0.2) is 5.97 Å². The highest BCUT2D eigenvalue weighted by Gasteiger charge is 2.31. The predicted molar refractivity (Wildman–Crippen MR) is 41.2 cm³/mol. The largest absolute Gasteiger partial charge is 0.472 e. The third-order valence-corrected chi connectivity index (χ3v) is 1.87. The van der Waals surface area contributed by atoms with Gasteiger partial charge in [-0.05, 0) is 18.9 Å². The van der Waals surface area contributed by atoms with Gasteiger partial charge in [-0.1, -0.05) is 0 Å². The van der Waals surface area contributed by atoms with Gasteiger partial charge in [-0.25, -0.2) is 0 Å². The normalized spacial score (nSPS) is 16.0. The molecule has 3 nitrogen and oxygen atoms in total. The van der Waals surface area contributed by atoms with E-state index in [0.717, 1.165) is 18.4 Å². The molecular formula is C9H10O3. The summed E-state index contributed by atoms with van der Waals surface area (Å²) in [5, 5.41) is 0. The van der Waals surface area contributed by atoms with E-state index in [-0.39, 0.29) is 11.9 Å². The molecule has 1 aromatic heterocycles. The van der Waals surface area contributed by atoms with Crippen LogP contribution in [-0.2, 0) is 16.1 Å². The van der Waals surface area contributed by atoms with Crippen LogP contribution in [0.25, 0.3) is 0 Å². The van der Waals surface area contributed by atoms with E-state index < -0.39 is 0 Å². The van der Waals surface area contributed by atoms with E-state index in [1.807, 2.05) is 0 Å². The van der Waals surface area contributed by atoms with Crippen molar-refractivity contribution in [2.75, 3.05) is 0 Å². The van der Waals surface area contributed by atoms with Gasteiger partial charge in [0.15, 0.2) is 0 Å². The maximum Gasteiger partial charge on any atom is 0.309 e. The molecule has 0 aromatic carbocycles. The maximum atomic E-state index is 11.0. The predicted octanol–water partition coefficient (Wildman–Crippen LogP) is 1.73.